The highest BCUT2D eigenvalue weighted by atomic mass is 16.6. The van der Waals surface area contributed by atoms with E-state index < -0.39 is 12.3 Å². The summed E-state index contributed by atoms with van der Waals surface area (Å²) in [7, 11) is 0. The number of allylic oxidation sites excluding steroid dienone is 2. The van der Waals surface area contributed by atoms with Crippen LogP contribution in [0.2, 0.25) is 0 Å². The maximum atomic E-state index is 10.8. The van der Waals surface area contributed by atoms with E-state index in [1.807, 2.05) is 0 Å². The number of aliphatic hydroxyl groups is 1. The van der Waals surface area contributed by atoms with Crippen molar-refractivity contribution in [2.75, 3.05) is 0 Å². The molecule has 0 bridgehead atoms. The molecule has 1 unspecified atom stereocenters. The van der Waals surface area contributed by atoms with Crippen LogP contribution in [0.15, 0.2) is 23.3 Å². The van der Waals surface area contributed by atoms with E-state index in [4.69, 9.17) is 0 Å². The maximum Gasteiger partial charge on any atom is 0.333 e. The van der Waals surface area contributed by atoms with Crippen LogP contribution in [0.3, 0.4) is 0 Å². The summed E-state index contributed by atoms with van der Waals surface area (Å²) in [6.45, 7) is 4.25. The second kappa shape index (κ2) is 5.71. The fourth-order valence-corrected chi connectivity index (χ4v) is 1.62. The van der Waals surface area contributed by atoms with Gasteiger partial charge in [0.2, 0.25) is 6.29 Å². The molecule has 0 radical (unpaired) electrons. The zero-order valence-electron chi connectivity index (χ0n) is 9.32. The van der Waals surface area contributed by atoms with Gasteiger partial charge in [-0.2, -0.15) is 0 Å². The van der Waals surface area contributed by atoms with Crippen LogP contribution in [0.5, 0.6) is 0 Å². The van der Waals surface area contributed by atoms with Crippen molar-refractivity contribution in [3.63, 3.8) is 0 Å². The lowest BCUT2D eigenvalue weighted by Gasteiger charge is -2.05. The number of hydrogen-bond acceptors (Lipinski definition) is 3. The highest BCUT2D eigenvalue weighted by Crippen LogP contribution is 2.19. The molecule has 0 aromatic carbocycles. The number of cyclic esters (lactones) is 1. The van der Waals surface area contributed by atoms with Crippen LogP contribution < -0.4 is 0 Å². The third-order valence-corrected chi connectivity index (χ3v) is 2.42. The molecule has 84 valence electrons. The van der Waals surface area contributed by atoms with Crippen LogP contribution in [0.25, 0.3) is 0 Å². The lowest BCUT2D eigenvalue weighted by atomic mass is 10.1. The first-order valence-corrected chi connectivity index (χ1v) is 5.38. The van der Waals surface area contributed by atoms with E-state index in [1.165, 1.54) is 11.6 Å². The number of hydrogen-bond donors (Lipinski definition) is 1. The predicted octanol–water partition coefficient (Wildman–Crippen LogP) is 2.31. The van der Waals surface area contributed by atoms with E-state index in [0.717, 1.165) is 19.3 Å². The molecule has 0 amide bonds. The van der Waals surface area contributed by atoms with Gasteiger partial charge in [0.05, 0.1) is 0 Å². The van der Waals surface area contributed by atoms with Crippen LogP contribution in [0.4, 0.5) is 0 Å². The number of rotatable bonds is 5. The SMILES string of the molecule is CCC/C(C)=C/CCC1=CC(=O)OC1O. The minimum absolute atomic E-state index is 0.438. The second-order valence-electron chi connectivity index (χ2n) is 3.85. The van der Waals surface area contributed by atoms with Gasteiger partial charge in [-0.25, -0.2) is 4.79 Å². The fourth-order valence-electron chi connectivity index (χ4n) is 1.62. The molecule has 1 aliphatic heterocycles. The summed E-state index contributed by atoms with van der Waals surface area (Å²) in [6, 6.07) is 0. The van der Waals surface area contributed by atoms with Gasteiger partial charge in [-0.05, 0) is 26.2 Å². The number of carbonyl (C=O) groups excluding carboxylic acids is 1. The third-order valence-electron chi connectivity index (χ3n) is 2.42. The van der Waals surface area contributed by atoms with Crippen LogP contribution in [-0.2, 0) is 9.53 Å². The Morgan fingerprint density at radius 1 is 1.67 bits per heavy atom. The summed E-state index contributed by atoms with van der Waals surface area (Å²) in [5, 5.41) is 9.30. The Morgan fingerprint density at radius 2 is 2.40 bits per heavy atom. The van der Waals surface area contributed by atoms with Gasteiger partial charge in [0.1, 0.15) is 0 Å². The van der Waals surface area contributed by atoms with Gasteiger partial charge in [0.15, 0.2) is 0 Å². The molecule has 1 atom stereocenters. The standard InChI is InChI=1S/C12H18O3/c1-3-5-9(2)6-4-7-10-8-11(13)15-12(10)14/h6,8,12,14H,3-5,7H2,1-2H3/b9-6+. The van der Waals surface area contributed by atoms with Gasteiger partial charge >= 0.3 is 5.97 Å². The lowest BCUT2D eigenvalue weighted by Crippen LogP contribution is -2.09. The van der Waals surface area contributed by atoms with Crippen LogP contribution >= 0.6 is 0 Å². The topological polar surface area (TPSA) is 46.5 Å². The third kappa shape index (κ3) is 3.88. The van der Waals surface area contributed by atoms with E-state index in [0.29, 0.717) is 12.0 Å². The Labute approximate surface area is 90.4 Å². The van der Waals surface area contributed by atoms with E-state index in [9.17, 15) is 9.90 Å². The fraction of sp³-hybridized carbons (Fsp3) is 0.583. The Hall–Kier alpha value is -1.09. The van der Waals surface area contributed by atoms with Crippen molar-refractivity contribution >= 4 is 5.97 Å². The van der Waals surface area contributed by atoms with Gasteiger partial charge in [-0.3, -0.25) is 0 Å². The number of carbonyl (C=O) groups is 1. The first-order valence-electron chi connectivity index (χ1n) is 5.38. The smallest absolute Gasteiger partial charge is 0.333 e. The molecule has 0 spiro atoms. The van der Waals surface area contributed by atoms with Crippen molar-refractivity contribution in [1.29, 1.82) is 0 Å². The monoisotopic (exact) mass is 210 g/mol. The van der Waals surface area contributed by atoms with Gasteiger partial charge in [0, 0.05) is 11.6 Å². The molecule has 1 rings (SSSR count). The minimum Gasteiger partial charge on any atom is -0.429 e. The molecule has 0 aliphatic carbocycles. The van der Waals surface area contributed by atoms with E-state index in [1.54, 1.807) is 0 Å². The summed E-state index contributed by atoms with van der Waals surface area (Å²) in [4.78, 5) is 10.8. The zero-order chi connectivity index (χ0) is 11.3. The van der Waals surface area contributed by atoms with Crippen molar-refractivity contribution in [1.82, 2.24) is 0 Å². The van der Waals surface area contributed by atoms with Crippen molar-refractivity contribution in [3.8, 4) is 0 Å². The molecule has 0 saturated heterocycles. The normalized spacial score (nSPS) is 21.5. The van der Waals surface area contributed by atoms with Crippen LogP contribution in [0, 0.1) is 0 Å². The summed E-state index contributed by atoms with van der Waals surface area (Å²) in [5.41, 5.74) is 2.04. The highest BCUT2D eigenvalue weighted by Gasteiger charge is 2.22. The van der Waals surface area contributed by atoms with Gasteiger partial charge in [0.25, 0.3) is 0 Å². The molecule has 0 aromatic heterocycles. The van der Waals surface area contributed by atoms with Gasteiger partial charge in [-0.1, -0.05) is 25.0 Å². The van der Waals surface area contributed by atoms with E-state index in [-0.39, 0.29) is 0 Å². The van der Waals surface area contributed by atoms with E-state index in [2.05, 4.69) is 24.7 Å². The molecule has 0 fully saturated rings. The van der Waals surface area contributed by atoms with Gasteiger partial charge < -0.3 is 9.84 Å². The molecule has 3 heteroatoms. The first-order chi connectivity index (χ1) is 7.13. The summed E-state index contributed by atoms with van der Waals surface area (Å²) < 4.78 is 4.58. The molecular weight excluding hydrogens is 192 g/mol. The van der Waals surface area contributed by atoms with Crippen LogP contribution in [-0.4, -0.2) is 17.4 Å². The molecule has 0 aromatic rings. The van der Waals surface area contributed by atoms with Crippen LogP contribution in [0.1, 0.15) is 39.5 Å². The molecule has 1 N–H and O–H groups in total. The van der Waals surface area contributed by atoms with Crippen molar-refractivity contribution in [3.05, 3.63) is 23.3 Å². The average Bonchev–Trinajstić information content (AvgIpc) is 2.46. The largest absolute Gasteiger partial charge is 0.429 e. The number of esters is 1. The second-order valence-corrected chi connectivity index (χ2v) is 3.85. The molecule has 3 nitrogen and oxygen atoms in total. The predicted molar refractivity (Wildman–Crippen MR) is 58.1 cm³/mol. The minimum atomic E-state index is -1.02. The van der Waals surface area contributed by atoms with Crippen molar-refractivity contribution < 1.29 is 14.6 Å². The summed E-state index contributed by atoms with van der Waals surface area (Å²) in [6.07, 6.45) is 6.32. The number of ether oxygens (including phenoxy) is 1. The highest BCUT2D eigenvalue weighted by molar-refractivity contribution is 5.85. The molecule has 15 heavy (non-hydrogen) atoms. The molecular formula is C12H18O3. The number of aliphatic hydroxyl groups excluding tert-OH is 1. The van der Waals surface area contributed by atoms with Gasteiger partial charge in [-0.15, -0.1) is 0 Å². The Bertz CT molecular complexity index is 289. The maximum absolute atomic E-state index is 10.8. The lowest BCUT2D eigenvalue weighted by molar-refractivity contribution is -0.151. The average molecular weight is 210 g/mol. The zero-order valence-corrected chi connectivity index (χ0v) is 9.32. The Balaban J connectivity index is 2.34. The molecule has 1 heterocycles. The molecule has 1 aliphatic rings. The summed E-state index contributed by atoms with van der Waals surface area (Å²) in [5.74, 6) is -0.438. The van der Waals surface area contributed by atoms with E-state index >= 15 is 0 Å². The van der Waals surface area contributed by atoms with Crippen molar-refractivity contribution in [2.45, 2.75) is 45.8 Å². The quantitative estimate of drug-likeness (QED) is 0.559. The summed E-state index contributed by atoms with van der Waals surface area (Å²) >= 11 is 0. The Morgan fingerprint density at radius 3 is 2.93 bits per heavy atom. The van der Waals surface area contributed by atoms with Crippen molar-refractivity contribution in [2.24, 2.45) is 0 Å². The molecule has 0 saturated carbocycles. The first kappa shape index (κ1) is 12.0. The Kier molecular flexibility index (Phi) is 4.56.